The summed E-state index contributed by atoms with van der Waals surface area (Å²) in [5.41, 5.74) is 12.1. The summed E-state index contributed by atoms with van der Waals surface area (Å²) in [4.78, 5) is 24.4. The number of aliphatic imine (C=N–C) groups is 1. The smallest absolute Gasteiger partial charge is 0.253 e. The van der Waals surface area contributed by atoms with Crippen molar-refractivity contribution < 1.29 is 4.79 Å². The van der Waals surface area contributed by atoms with E-state index in [2.05, 4.69) is 41.3 Å². The lowest BCUT2D eigenvalue weighted by molar-refractivity contribution is 0.0627. The van der Waals surface area contributed by atoms with E-state index in [1.807, 2.05) is 59.6 Å². The summed E-state index contributed by atoms with van der Waals surface area (Å²) in [5, 5.41) is 0. The highest BCUT2D eigenvalue weighted by Gasteiger charge is 2.32. The molecule has 0 spiro atoms. The molecule has 2 heterocycles. The van der Waals surface area contributed by atoms with E-state index in [4.69, 9.17) is 5.73 Å². The van der Waals surface area contributed by atoms with Gasteiger partial charge in [0, 0.05) is 60.9 Å². The summed E-state index contributed by atoms with van der Waals surface area (Å²) in [6.07, 6.45) is 9.76. The Morgan fingerprint density at radius 1 is 1.05 bits per heavy atom. The van der Waals surface area contributed by atoms with Crippen molar-refractivity contribution in [1.29, 1.82) is 0 Å². The minimum atomic E-state index is 0.111. The quantitative estimate of drug-likeness (QED) is 0.517. The predicted molar refractivity (Wildman–Crippen MR) is 153 cm³/mol. The van der Waals surface area contributed by atoms with Crippen molar-refractivity contribution in [2.45, 2.75) is 39.2 Å². The minimum absolute atomic E-state index is 0.111. The molecule has 0 bridgehead atoms. The molecular weight excluding hydrogens is 458 g/mol. The highest BCUT2D eigenvalue weighted by molar-refractivity contribution is 5.95. The first-order valence-corrected chi connectivity index (χ1v) is 13.4. The summed E-state index contributed by atoms with van der Waals surface area (Å²) in [7, 11) is 0. The van der Waals surface area contributed by atoms with Crippen molar-refractivity contribution >= 4 is 29.2 Å². The largest absolute Gasteiger partial charge is 0.399 e. The Bertz CT molecular complexity index is 1230. The van der Waals surface area contributed by atoms with E-state index in [0.29, 0.717) is 5.92 Å². The van der Waals surface area contributed by atoms with Crippen LogP contribution in [0, 0.1) is 5.92 Å². The van der Waals surface area contributed by atoms with Crippen molar-refractivity contribution in [1.82, 2.24) is 14.7 Å². The number of nitrogens with zero attached hydrogens (tertiary/aromatic N) is 4. The van der Waals surface area contributed by atoms with Gasteiger partial charge in [0.25, 0.3) is 5.91 Å². The maximum Gasteiger partial charge on any atom is 0.253 e. The maximum absolute atomic E-state index is 13.1. The predicted octanol–water partition coefficient (Wildman–Crippen LogP) is 5.47. The molecule has 2 fully saturated rings. The van der Waals surface area contributed by atoms with Crippen LogP contribution in [0.25, 0.3) is 11.4 Å². The van der Waals surface area contributed by atoms with Crippen molar-refractivity contribution in [3.8, 4) is 0 Å². The third-order valence-electron chi connectivity index (χ3n) is 7.56. The number of benzene rings is 2. The first-order chi connectivity index (χ1) is 17.9. The SMILES string of the molecule is C=C1C=NC(c2ccc(C(=O)N3CCN(C4CC4)CC3)cc2)=CN1C(=CC(C)CC)c1ccc(N)cc1. The Hall–Kier alpha value is -3.64. The van der Waals surface area contributed by atoms with Crippen LogP contribution >= 0.6 is 0 Å². The standard InChI is InChI=1S/C31H37N5O/c1-4-22(2)19-30(25-9-11-27(32)12-10-25)36-21-29(33-20-23(36)3)24-5-7-26(8-6-24)31(37)35-17-15-34(16-18-35)28-13-14-28/h5-12,19-22,28H,3-4,13-18,32H2,1-2H3. The Kier molecular flexibility index (Phi) is 7.28. The van der Waals surface area contributed by atoms with Crippen LogP contribution in [-0.4, -0.2) is 59.0 Å². The molecule has 2 N–H and O–H groups in total. The van der Waals surface area contributed by atoms with Gasteiger partial charge >= 0.3 is 0 Å². The fourth-order valence-corrected chi connectivity index (χ4v) is 4.87. The van der Waals surface area contributed by atoms with Crippen LogP contribution in [-0.2, 0) is 0 Å². The average Bonchev–Trinajstić information content (AvgIpc) is 3.78. The molecule has 6 nitrogen and oxygen atoms in total. The summed E-state index contributed by atoms with van der Waals surface area (Å²) >= 11 is 0. The molecule has 6 heteroatoms. The average molecular weight is 496 g/mol. The van der Waals surface area contributed by atoms with Crippen LogP contribution in [0.2, 0.25) is 0 Å². The number of nitrogen functional groups attached to an aromatic ring is 1. The van der Waals surface area contributed by atoms with Crippen molar-refractivity contribution in [3.63, 3.8) is 0 Å². The molecule has 37 heavy (non-hydrogen) atoms. The van der Waals surface area contributed by atoms with Gasteiger partial charge in [0.05, 0.1) is 17.6 Å². The van der Waals surface area contributed by atoms with E-state index in [0.717, 1.165) is 78.1 Å². The van der Waals surface area contributed by atoms with Crippen LogP contribution in [0.3, 0.4) is 0 Å². The van der Waals surface area contributed by atoms with Crippen LogP contribution < -0.4 is 5.73 Å². The molecule has 2 aliphatic heterocycles. The molecule has 1 unspecified atom stereocenters. The van der Waals surface area contributed by atoms with E-state index in [1.165, 1.54) is 12.8 Å². The van der Waals surface area contributed by atoms with Gasteiger partial charge in [-0.25, -0.2) is 0 Å². The van der Waals surface area contributed by atoms with Crippen molar-refractivity contribution in [2.75, 3.05) is 31.9 Å². The molecule has 0 radical (unpaired) electrons. The second-order valence-electron chi connectivity index (χ2n) is 10.3. The molecule has 1 amide bonds. The topological polar surface area (TPSA) is 65.2 Å². The number of piperazine rings is 1. The van der Waals surface area contributed by atoms with Gasteiger partial charge in [0.1, 0.15) is 0 Å². The number of anilines is 1. The molecule has 1 saturated heterocycles. The Balaban J connectivity index is 1.35. The summed E-state index contributed by atoms with van der Waals surface area (Å²) in [6.45, 7) is 12.2. The zero-order valence-electron chi connectivity index (χ0n) is 21.9. The number of hydrogen-bond donors (Lipinski definition) is 1. The minimum Gasteiger partial charge on any atom is -0.399 e. The van der Waals surface area contributed by atoms with Crippen molar-refractivity contribution in [3.05, 3.63) is 89.8 Å². The van der Waals surface area contributed by atoms with E-state index in [-0.39, 0.29) is 5.91 Å². The second kappa shape index (κ2) is 10.8. The molecule has 2 aromatic carbocycles. The van der Waals surface area contributed by atoms with Gasteiger partial charge in [-0.3, -0.25) is 14.7 Å². The monoisotopic (exact) mass is 495 g/mol. The molecule has 1 aliphatic carbocycles. The lowest BCUT2D eigenvalue weighted by atomic mass is 10.0. The van der Waals surface area contributed by atoms with Crippen LogP contribution in [0.1, 0.15) is 54.6 Å². The molecule has 3 aliphatic rings. The number of allylic oxidation sites excluding steroid dienone is 2. The molecule has 1 saturated carbocycles. The number of rotatable bonds is 7. The fraction of sp³-hybridized carbons (Fsp3) is 0.355. The van der Waals surface area contributed by atoms with Gasteiger partial charge < -0.3 is 15.5 Å². The number of carbonyl (C=O) groups excluding carboxylic acids is 1. The van der Waals surface area contributed by atoms with Gasteiger partial charge in [-0.2, -0.15) is 0 Å². The zero-order chi connectivity index (χ0) is 25.9. The third-order valence-corrected chi connectivity index (χ3v) is 7.56. The van der Waals surface area contributed by atoms with E-state index >= 15 is 0 Å². The molecule has 192 valence electrons. The molecule has 2 aromatic rings. The lowest BCUT2D eigenvalue weighted by Gasteiger charge is -2.34. The molecule has 0 aromatic heterocycles. The molecular formula is C31H37N5O. The first-order valence-electron chi connectivity index (χ1n) is 13.4. The highest BCUT2D eigenvalue weighted by atomic mass is 16.2. The maximum atomic E-state index is 13.1. The van der Waals surface area contributed by atoms with Gasteiger partial charge in [0.15, 0.2) is 0 Å². The van der Waals surface area contributed by atoms with Crippen LogP contribution in [0.15, 0.2) is 78.1 Å². The number of carbonyl (C=O) groups is 1. The zero-order valence-corrected chi connectivity index (χ0v) is 21.9. The Morgan fingerprint density at radius 2 is 1.70 bits per heavy atom. The number of hydrogen-bond acceptors (Lipinski definition) is 5. The lowest BCUT2D eigenvalue weighted by Crippen LogP contribution is -2.49. The molecule has 1 atom stereocenters. The van der Waals surface area contributed by atoms with E-state index in [1.54, 1.807) is 6.21 Å². The fourth-order valence-electron chi connectivity index (χ4n) is 4.87. The van der Waals surface area contributed by atoms with Crippen molar-refractivity contribution in [2.24, 2.45) is 10.9 Å². The first kappa shape index (κ1) is 25.0. The Morgan fingerprint density at radius 3 is 2.32 bits per heavy atom. The van der Waals surface area contributed by atoms with Crippen LogP contribution in [0.4, 0.5) is 5.69 Å². The summed E-state index contributed by atoms with van der Waals surface area (Å²) in [6, 6.07) is 16.5. The summed E-state index contributed by atoms with van der Waals surface area (Å²) < 4.78 is 0. The van der Waals surface area contributed by atoms with Gasteiger partial charge in [0.2, 0.25) is 0 Å². The van der Waals surface area contributed by atoms with Crippen LogP contribution in [0.5, 0.6) is 0 Å². The number of nitrogens with two attached hydrogens (primary N) is 1. The summed E-state index contributed by atoms with van der Waals surface area (Å²) in [5.74, 6) is 0.507. The third kappa shape index (κ3) is 5.70. The normalized spacial score (nSPS) is 19.7. The van der Waals surface area contributed by atoms with Gasteiger partial charge in [-0.1, -0.05) is 57.2 Å². The second-order valence-corrected chi connectivity index (χ2v) is 10.3. The number of amides is 1. The van der Waals surface area contributed by atoms with Gasteiger partial charge in [-0.15, -0.1) is 0 Å². The van der Waals surface area contributed by atoms with Gasteiger partial charge in [-0.05, 0) is 48.6 Å². The van der Waals surface area contributed by atoms with E-state index < -0.39 is 0 Å². The Labute approximate surface area is 220 Å². The highest BCUT2D eigenvalue weighted by Crippen LogP contribution is 2.32. The van der Waals surface area contributed by atoms with E-state index in [9.17, 15) is 4.79 Å². The molecule has 5 rings (SSSR count).